The van der Waals surface area contributed by atoms with Crippen molar-refractivity contribution in [3.63, 3.8) is 0 Å². The van der Waals surface area contributed by atoms with E-state index in [0.29, 0.717) is 12.1 Å². The van der Waals surface area contributed by atoms with E-state index in [1.54, 1.807) is 23.1 Å². The Bertz CT molecular complexity index is 926. The van der Waals surface area contributed by atoms with Crippen LogP contribution in [0.2, 0.25) is 0 Å². The van der Waals surface area contributed by atoms with E-state index >= 15 is 0 Å². The monoisotopic (exact) mass is 421 g/mol. The molecule has 0 spiro atoms. The van der Waals surface area contributed by atoms with Crippen molar-refractivity contribution in [2.24, 2.45) is 0 Å². The van der Waals surface area contributed by atoms with Crippen LogP contribution < -0.4 is 4.90 Å². The van der Waals surface area contributed by atoms with Gasteiger partial charge in [0.05, 0.1) is 10.2 Å². The highest BCUT2D eigenvalue weighted by Crippen LogP contribution is 2.34. The van der Waals surface area contributed by atoms with E-state index in [-0.39, 0.29) is 18.3 Å². The van der Waals surface area contributed by atoms with Crippen molar-refractivity contribution < 1.29 is 4.79 Å². The third-order valence-corrected chi connectivity index (χ3v) is 5.92. The van der Waals surface area contributed by atoms with Crippen LogP contribution in [0.3, 0.4) is 0 Å². The van der Waals surface area contributed by atoms with Crippen LogP contribution in [-0.4, -0.2) is 49.2 Å². The molecule has 1 heterocycles. The SMILES string of the molecule is CSc1cccc2sc(N(CCN(C)C)C(=O)c3cccc(C)c3)nc12.Cl. The third kappa shape index (κ3) is 5.02. The molecule has 0 N–H and O–H groups in total. The van der Waals surface area contributed by atoms with Crippen molar-refractivity contribution in [3.05, 3.63) is 53.6 Å². The number of carbonyl (C=O) groups is 1. The Hall–Kier alpha value is -1.60. The summed E-state index contributed by atoms with van der Waals surface area (Å²) in [6.45, 7) is 3.39. The largest absolute Gasteiger partial charge is 0.308 e. The number of thioether (sulfide) groups is 1. The number of halogens is 1. The first kappa shape index (κ1) is 21.7. The lowest BCUT2D eigenvalue weighted by Gasteiger charge is -2.22. The van der Waals surface area contributed by atoms with Crippen molar-refractivity contribution in [3.8, 4) is 0 Å². The molecule has 0 aliphatic heterocycles. The van der Waals surface area contributed by atoms with Crippen molar-refractivity contribution in [2.75, 3.05) is 38.3 Å². The van der Waals surface area contributed by atoms with E-state index < -0.39 is 0 Å². The minimum atomic E-state index is 0. The fraction of sp³-hybridized carbons (Fsp3) is 0.300. The van der Waals surface area contributed by atoms with Crippen LogP contribution in [0, 0.1) is 6.92 Å². The Labute approximate surface area is 175 Å². The number of aromatic nitrogens is 1. The van der Waals surface area contributed by atoms with Gasteiger partial charge in [0, 0.05) is 23.5 Å². The van der Waals surface area contributed by atoms with Crippen LogP contribution in [0.15, 0.2) is 47.4 Å². The molecule has 0 saturated carbocycles. The van der Waals surface area contributed by atoms with Gasteiger partial charge in [-0.15, -0.1) is 24.2 Å². The summed E-state index contributed by atoms with van der Waals surface area (Å²) < 4.78 is 1.11. The molecular weight excluding hydrogens is 398 g/mol. The maximum Gasteiger partial charge on any atom is 0.260 e. The number of para-hydroxylation sites is 1. The molecule has 7 heteroatoms. The lowest BCUT2D eigenvalue weighted by atomic mass is 10.1. The maximum absolute atomic E-state index is 13.2. The van der Waals surface area contributed by atoms with Gasteiger partial charge in [0.1, 0.15) is 0 Å². The number of rotatable bonds is 6. The van der Waals surface area contributed by atoms with Crippen LogP contribution in [0.4, 0.5) is 5.13 Å². The Morgan fingerprint density at radius 1 is 1.15 bits per heavy atom. The molecule has 4 nitrogen and oxygen atoms in total. The molecule has 0 aliphatic carbocycles. The van der Waals surface area contributed by atoms with E-state index in [9.17, 15) is 4.79 Å². The van der Waals surface area contributed by atoms with Gasteiger partial charge in [-0.25, -0.2) is 4.98 Å². The molecule has 144 valence electrons. The highest BCUT2D eigenvalue weighted by molar-refractivity contribution is 7.98. The van der Waals surface area contributed by atoms with Gasteiger partial charge in [0.25, 0.3) is 5.91 Å². The number of hydrogen-bond acceptors (Lipinski definition) is 5. The number of amides is 1. The second-order valence-electron chi connectivity index (χ2n) is 6.43. The number of nitrogens with zero attached hydrogens (tertiary/aromatic N) is 3. The molecule has 1 amide bonds. The molecule has 0 unspecified atom stereocenters. The van der Waals surface area contributed by atoms with Crippen molar-refractivity contribution in [1.29, 1.82) is 0 Å². The lowest BCUT2D eigenvalue weighted by Crippen LogP contribution is -2.36. The van der Waals surface area contributed by atoms with Gasteiger partial charge < -0.3 is 4.90 Å². The zero-order chi connectivity index (χ0) is 18.7. The van der Waals surface area contributed by atoms with E-state index in [2.05, 4.69) is 23.3 Å². The van der Waals surface area contributed by atoms with Crippen LogP contribution >= 0.6 is 35.5 Å². The predicted octanol–water partition coefficient (Wildman–Crippen LogP) is 4.96. The smallest absolute Gasteiger partial charge is 0.260 e. The molecule has 0 fully saturated rings. The highest BCUT2D eigenvalue weighted by atomic mass is 35.5. The molecule has 0 bridgehead atoms. The molecule has 1 aromatic heterocycles. The van der Waals surface area contributed by atoms with Crippen molar-refractivity contribution >= 4 is 56.8 Å². The highest BCUT2D eigenvalue weighted by Gasteiger charge is 2.22. The quantitative estimate of drug-likeness (QED) is 0.527. The summed E-state index contributed by atoms with van der Waals surface area (Å²) in [5, 5.41) is 0.759. The Kier molecular flexibility index (Phi) is 7.68. The van der Waals surface area contributed by atoms with Gasteiger partial charge in [-0.05, 0) is 51.5 Å². The molecule has 3 rings (SSSR count). The first-order valence-electron chi connectivity index (χ1n) is 8.46. The van der Waals surface area contributed by atoms with Gasteiger partial charge in [-0.1, -0.05) is 35.1 Å². The Balaban J connectivity index is 0.00000261. The summed E-state index contributed by atoms with van der Waals surface area (Å²) in [4.78, 5) is 23.1. The minimum Gasteiger partial charge on any atom is -0.308 e. The predicted molar refractivity (Wildman–Crippen MR) is 120 cm³/mol. The lowest BCUT2D eigenvalue weighted by molar-refractivity contribution is 0.0985. The number of carbonyl (C=O) groups excluding carboxylic acids is 1. The van der Waals surface area contributed by atoms with Crippen LogP contribution in [0.5, 0.6) is 0 Å². The number of anilines is 1. The fourth-order valence-corrected chi connectivity index (χ4v) is 4.35. The normalized spacial score (nSPS) is 10.9. The standard InChI is InChI=1S/C20H23N3OS2.ClH/c1-14-7-5-8-15(13-14)19(24)23(12-11-22(2)3)20-21-18-16(25-4)9-6-10-17(18)26-20;/h5-10,13H,11-12H2,1-4H3;1H. The summed E-state index contributed by atoms with van der Waals surface area (Å²) in [5.74, 6) is 0.000285. The summed E-state index contributed by atoms with van der Waals surface area (Å²) in [5.41, 5.74) is 2.76. The van der Waals surface area contributed by atoms with E-state index in [4.69, 9.17) is 4.98 Å². The Morgan fingerprint density at radius 3 is 2.56 bits per heavy atom. The average molecular weight is 422 g/mol. The molecule has 0 saturated heterocycles. The molecule has 0 radical (unpaired) electrons. The van der Waals surface area contributed by atoms with Gasteiger partial charge in [0.2, 0.25) is 0 Å². The molecule has 0 aliphatic rings. The van der Waals surface area contributed by atoms with Crippen LogP contribution in [-0.2, 0) is 0 Å². The van der Waals surface area contributed by atoms with Gasteiger partial charge in [0.15, 0.2) is 5.13 Å². The second kappa shape index (κ2) is 9.55. The van der Waals surface area contributed by atoms with E-state index in [1.807, 2.05) is 56.3 Å². The topological polar surface area (TPSA) is 36.4 Å². The zero-order valence-corrected chi connectivity index (χ0v) is 18.4. The summed E-state index contributed by atoms with van der Waals surface area (Å²) in [6, 6.07) is 13.9. The van der Waals surface area contributed by atoms with Gasteiger partial charge in [-0.2, -0.15) is 0 Å². The number of likely N-dealkylation sites (N-methyl/N-ethyl adjacent to an activating group) is 1. The summed E-state index contributed by atoms with van der Waals surface area (Å²) in [6.07, 6.45) is 2.05. The molecule has 27 heavy (non-hydrogen) atoms. The number of aryl methyl sites for hydroxylation is 1. The minimum absolute atomic E-state index is 0. The second-order valence-corrected chi connectivity index (χ2v) is 8.29. The molecule has 3 aromatic rings. The number of benzene rings is 2. The first-order valence-corrected chi connectivity index (χ1v) is 10.5. The Morgan fingerprint density at radius 2 is 1.89 bits per heavy atom. The first-order chi connectivity index (χ1) is 12.5. The average Bonchev–Trinajstić information content (AvgIpc) is 3.05. The number of hydrogen-bond donors (Lipinski definition) is 0. The molecule has 0 atom stereocenters. The van der Waals surface area contributed by atoms with Gasteiger partial charge >= 0.3 is 0 Å². The zero-order valence-electron chi connectivity index (χ0n) is 15.9. The fourth-order valence-electron chi connectivity index (χ4n) is 2.71. The summed E-state index contributed by atoms with van der Waals surface area (Å²) >= 11 is 3.26. The molecule has 2 aromatic carbocycles. The summed E-state index contributed by atoms with van der Waals surface area (Å²) in [7, 11) is 4.03. The van der Waals surface area contributed by atoms with Crippen LogP contribution in [0.1, 0.15) is 15.9 Å². The van der Waals surface area contributed by atoms with E-state index in [0.717, 1.165) is 32.4 Å². The maximum atomic E-state index is 13.2. The van der Waals surface area contributed by atoms with Crippen molar-refractivity contribution in [1.82, 2.24) is 9.88 Å². The number of thiazole rings is 1. The van der Waals surface area contributed by atoms with Gasteiger partial charge in [-0.3, -0.25) is 9.69 Å². The van der Waals surface area contributed by atoms with Crippen molar-refractivity contribution in [2.45, 2.75) is 11.8 Å². The number of fused-ring (bicyclic) bond motifs is 1. The van der Waals surface area contributed by atoms with E-state index in [1.165, 1.54) is 0 Å². The third-order valence-electron chi connectivity index (χ3n) is 4.10. The van der Waals surface area contributed by atoms with Crippen LogP contribution in [0.25, 0.3) is 10.2 Å². The molecular formula is C20H24ClN3OS2.